The highest BCUT2D eigenvalue weighted by molar-refractivity contribution is 7.91. The van der Waals surface area contributed by atoms with E-state index < -0.39 is 33.5 Å². The molecule has 2 heterocycles. The third-order valence-corrected chi connectivity index (χ3v) is 5.91. The molecule has 0 fully saturated rings. The molecule has 3 rings (SSSR count). The molecule has 25 heavy (non-hydrogen) atoms. The normalized spacial score (nSPS) is 26.3. The molecule has 2 aliphatic heterocycles. The Kier molecular flexibility index (Phi) is 4.03. The van der Waals surface area contributed by atoms with Crippen LogP contribution in [0.1, 0.15) is 6.92 Å². The van der Waals surface area contributed by atoms with Crippen LogP contribution in [0.4, 0.5) is 13.2 Å². The fourth-order valence-corrected chi connectivity index (χ4v) is 4.41. The van der Waals surface area contributed by atoms with Gasteiger partial charge in [0.1, 0.15) is 11.9 Å². The topological polar surface area (TPSA) is 70.0 Å². The van der Waals surface area contributed by atoms with E-state index in [-0.39, 0.29) is 10.7 Å². The zero-order valence-corrected chi connectivity index (χ0v) is 13.9. The van der Waals surface area contributed by atoms with Gasteiger partial charge in [0.05, 0.1) is 10.6 Å². The summed E-state index contributed by atoms with van der Waals surface area (Å²) in [5.74, 6) is -1.02. The summed E-state index contributed by atoms with van der Waals surface area (Å²) in [6.45, 7) is 1.54. The Hall–Kier alpha value is -2.13. The summed E-state index contributed by atoms with van der Waals surface area (Å²) in [5, 5.41) is 10.3. The first-order chi connectivity index (χ1) is 11.6. The van der Waals surface area contributed by atoms with Gasteiger partial charge in [-0.3, -0.25) is 0 Å². The summed E-state index contributed by atoms with van der Waals surface area (Å²) in [7, 11) is -4.07. The van der Waals surface area contributed by atoms with E-state index in [0.29, 0.717) is 5.57 Å². The highest BCUT2D eigenvalue weighted by atomic mass is 32.2. The van der Waals surface area contributed by atoms with Crippen molar-refractivity contribution in [1.82, 2.24) is 4.90 Å². The van der Waals surface area contributed by atoms with Crippen molar-refractivity contribution < 1.29 is 26.7 Å². The number of aliphatic hydroxyl groups is 1. The molecule has 134 valence electrons. The van der Waals surface area contributed by atoms with Gasteiger partial charge in [-0.15, -0.1) is 0 Å². The third-order valence-electron chi connectivity index (χ3n) is 4.16. The Morgan fingerprint density at radius 2 is 1.92 bits per heavy atom. The van der Waals surface area contributed by atoms with Crippen LogP contribution in [0.2, 0.25) is 0 Å². The third kappa shape index (κ3) is 2.87. The van der Waals surface area contributed by atoms with Crippen LogP contribution in [0.15, 0.2) is 64.1 Å². The number of fused-ring (bicyclic) bond motifs is 1. The lowest BCUT2D eigenvalue weighted by Gasteiger charge is -2.34. The van der Waals surface area contributed by atoms with Crippen LogP contribution in [0, 0.1) is 0 Å². The number of aliphatic imine (C=N–C) groups is 1. The van der Waals surface area contributed by atoms with Crippen LogP contribution in [-0.2, 0) is 9.84 Å². The molecule has 0 saturated carbocycles. The lowest BCUT2D eigenvalue weighted by molar-refractivity contribution is -0.264. The van der Waals surface area contributed by atoms with Gasteiger partial charge in [-0.2, -0.15) is 13.2 Å². The molecule has 0 bridgehead atoms. The number of hydrogen-bond donors (Lipinski definition) is 1. The van der Waals surface area contributed by atoms with E-state index in [2.05, 4.69) is 4.99 Å². The molecule has 2 unspecified atom stereocenters. The Labute approximate surface area is 142 Å². The monoisotopic (exact) mass is 372 g/mol. The van der Waals surface area contributed by atoms with Crippen molar-refractivity contribution in [3.63, 3.8) is 0 Å². The second-order valence-corrected chi connectivity index (χ2v) is 7.90. The minimum absolute atomic E-state index is 0.0874. The number of allylic oxidation sites excluding steroid dienone is 2. The van der Waals surface area contributed by atoms with Crippen molar-refractivity contribution in [3.8, 4) is 0 Å². The summed E-state index contributed by atoms with van der Waals surface area (Å²) in [6.07, 6.45) is -0.804. The number of rotatable bonds is 3. The van der Waals surface area contributed by atoms with Gasteiger partial charge < -0.3 is 10.0 Å². The molecule has 0 radical (unpaired) electrons. The fourth-order valence-electron chi connectivity index (χ4n) is 2.84. The van der Waals surface area contributed by atoms with Gasteiger partial charge in [0, 0.05) is 6.20 Å². The minimum Gasteiger partial charge on any atom is -0.360 e. The smallest absolute Gasteiger partial charge is 0.360 e. The highest BCUT2D eigenvalue weighted by Gasteiger charge is 2.65. The first-order valence-corrected chi connectivity index (χ1v) is 9.02. The predicted octanol–water partition coefficient (Wildman–Crippen LogP) is 2.27. The van der Waals surface area contributed by atoms with Gasteiger partial charge in [-0.25, -0.2) is 13.4 Å². The fraction of sp³-hybridized carbons (Fsp3) is 0.312. The van der Waals surface area contributed by atoms with Gasteiger partial charge in [0.25, 0.3) is 5.72 Å². The molecule has 0 amide bonds. The largest absolute Gasteiger partial charge is 0.440 e. The van der Waals surface area contributed by atoms with Crippen LogP contribution in [0.5, 0.6) is 0 Å². The van der Waals surface area contributed by atoms with Gasteiger partial charge in [0.2, 0.25) is 0 Å². The molecule has 1 aromatic carbocycles. The number of alkyl halides is 3. The van der Waals surface area contributed by atoms with E-state index in [1.54, 1.807) is 19.1 Å². The van der Waals surface area contributed by atoms with E-state index in [1.165, 1.54) is 36.5 Å². The average molecular weight is 372 g/mol. The quantitative estimate of drug-likeness (QED) is 0.884. The van der Waals surface area contributed by atoms with Gasteiger partial charge >= 0.3 is 6.18 Å². The lowest BCUT2D eigenvalue weighted by Crippen LogP contribution is -2.57. The standard InChI is InChI=1S/C16H15F3N2O3S/c1-11-6-5-9-21-13(15(22,16(17,18)19)20-14(11)21)10-25(23,24)12-7-3-2-4-8-12/h2-9,13,22H,10H2,1H3. The van der Waals surface area contributed by atoms with E-state index >= 15 is 0 Å². The van der Waals surface area contributed by atoms with E-state index in [1.807, 2.05) is 0 Å². The zero-order valence-electron chi connectivity index (χ0n) is 13.1. The molecule has 5 nitrogen and oxygen atoms in total. The Morgan fingerprint density at radius 3 is 2.52 bits per heavy atom. The maximum atomic E-state index is 13.5. The van der Waals surface area contributed by atoms with Crippen molar-refractivity contribution in [2.24, 2.45) is 4.99 Å². The second kappa shape index (κ2) is 5.70. The van der Waals surface area contributed by atoms with Crippen molar-refractivity contribution in [2.45, 2.75) is 29.8 Å². The summed E-state index contributed by atoms with van der Waals surface area (Å²) in [4.78, 5) is 4.41. The maximum absolute atomic E-state index is 13.5. The van der Waals surface area contributed by atoms with Gasteiger partial charge in [-0.1, -0.05) is 24.3 Å². The highest BCUT2D eigenvalue weighted by Crippen LogP contribution is 2.43. The van der Waals surface area contributed by atoms with Crippen LogP contribution in [0.25, 0.3) is 0 Å². The summed E-state index contributed by atoms with van der Waals surface area (Å²) in [6, 6.07) is 5.35. The number of benzene rings is 1. The molecule has 2 aliphatic rings. The molecule has 9 heteroatoms. The zero-order chi connectivity index (χ0) is 18.5. The molecule has 1 N–H and O–H groups in total. The van der Waals surface area contributed by atoms with Crippen LogP contribution >= 0.6 is 0 Å². The SMILES string of the molecule is CC1=CC=CN2C1=NC(O)(C(F)(F)F)C2CS(=O)(=O)c1ccccc1. The van der Waals surface area contributed by atoms with Gasteiger partial charge in [0.15, 0.2) is 9.84 Å². The van der Waals surface area contributed by atoms with E-state index in [9.17, 15) is 26.7 Å². The summed E-state index contributed by atoms with van der Waals surface area (Å²) in [5.41, 5.74) is -3.10. The number of halogens is 3. The lowest BCUT2D eigenvalue weighted by atomic mass is 10.1. The first-order valence-electron chi connectivity index (χ1n) is 7.37. The summed E-state index contributed by atoms with van der Waals surface area (Å²) >= 11 is 0. The van der Waals surface area contributed by atoms with E-state index in [0.717, 1.165) is 4.90 Å². The molecular weight excluding hydrogens is 357 g/mol. The molecule has 1 aromatic rings. The second-order valence-electron chi connectivity index (χ2n) is 5.87. The molecule has 2 atom stereocenters. The average Bonchev–Trinajstić information content (AvgIpc) is 2.83. The minimum atomic E-state index is -5.12. The predicted molar refractivity (Wildman–Crippen MR) is 85.5 cm³/mol. The molecule has 0 aliphatic carbocycles. The number of nitrogens with zero attached hydrogens (tertiary/aromatic N) is 2. The van der Waals surface area contributed by atoms with Crippen LogP contribution in [0.3, 0.4) is 0 Å². The summed E-state index contributed by atoms with van der Waals surface area (Å²) < 4.78 is 65.7. The molecule has 0 spiro atoms. The molecular formula is C16H15F3N2O3S. The maximum Gasteiger partial charge on any atom is 0.440 e. The Bertz CT molecular complexity index is 876. The van der Waals surface area contributed by atoms with Crippen molar-refractivity contribution in [2.75, 3.05) is 5.75 Å². The first kappa shape index (κ1) is 17.7. The van der Waals surface area contributed by atoms with Crippen LogP contribution in [-0.4, -0.2) is 48.0 Å². The Balaban J connectivity index is 2.05. The molecule has 0 aromatic heterocycles. The number of hydrogen-bond acceptors (Lipinski definition) is 5. The number of amidine groups is 1. The van der Waals surface area contributed by atoms with Gasteiger partial charge in [-0.05, 0) is 30.7 Å². The van der Waals surface area contributed by atoms with Crippen molar-refractivity contribution in [1.29, 1.82) is 0 Å². The van der Waals surface area contributed by atoms with Crippen molar-refractivity contribution >= 4 is 15.7 Å². The van der Waals surface area contributed by atoms with E-state index in [4.69, 9.17) is 0 Å². The molecule has 0 saturated heterocycles. The van der Waals surface area contributed by atoms with Crippen molar-refractivity contribution in [3.05, 3.63) is 54.3 Å². The Morgan fingerprint density at radius 1 is 1.28 bits per heavy atom. The number of sulfone groups is 1. The van der Waals surface area contributed by atoms with Crippen LogP contribution < -0.4 is 0 Å².